The summed E-state index contributed by atoms with van der Waals surface area (Å²) in [5, 5.41) is 4.23. The maximum Gasteiger partial charge on any atom is 0.224 e. The highest BCUT2D eigenvalue weighted by molar-refractivity contribution is 5.90. The number of aryl methyl sites for hydroxylation is 2. The summed E-state index contributed by atoms with van der Waals surface area (Å²) in [6, 6.07) is 6.52. The molecular weight excluding hydrogens is 248 g/mol. The lowest BCUT2D eigenvalue weighted by atomic mass is 10.0. The average molecular weight is 272 g/mol. The van der Waals surface area contributed by atoms with Gasteiger partial charge in [0.2, 0.25) is 5.91 Å². The van der Waals surface area contributed by atoms with Crippen molar-refractivity contribution in [2.45, 2.75) is 47.1 Å². The third kappa shape index (κ3) is 3.03. The van der Waals surface area contributed by atoms with Gasteiger partial charge in [-0.15, -0.1) is 0 Å². The fraction of sp³-hybridized carbons (Fsp3) is 0.471. The highest BCUT2D eigenvalue weighted by Crippen LogP contribution is 2.23. The molecule has 20 heavy (non-hydrogen) atoms. The number of fused-ring (bicyclic) bond motifs is 1. The van der Waals surface area contributed by atoms with E-state index < -0.39 is 0 Å². The van der Waals surface area contributed by atoms with Crippen LogP contribution in [0.4, 0.5) is 0 Å². The molecule has 0 fully saturated rings. The number of hydrogen-bond acceptors (Lipinski definition) is 1. The van der Waals surface area contributed by atoms with E-state index in [1.165, 1.54) is 5.56 Å². The Morgan fingerprint density at radius 2 is 1.95 bits per heavy atom. The predicted octanol–water partition coefficient (Wildman–Crippen LogP) is 3.49. The summed E-state index contributed by atoms with van der Waals surface area (Å²) in [6.07, 6.45) is 0.437. The molecule has 0 saturated carbocycles. The van der Waals surface area contributed by atoms with Crippen LogP contribution >= 0.6 is 0 Å². The summed E-state index contributed by atoms with van der Waals surface area (Å²) < 4.78 is 0. The molecule has 0 aliphatic rings. The van der Waals surface area contributed by atoms with E-state index >= 15 is 0 Å². The van der Waals surface area contributed by atoms with Gasteiger partial charge in [-0.3, -0.25) is 4.79 Å². The van der Waals surface area contributed by atoms with Crippen molar-refractivity contribution in [3.05, 3.63) is 35.0 Å². The fourth-order valence-electron chi connectivity index (χ4n) is 2.36. The van der Waals surface area contributed by atoms with Crippen LogP contribution < -0.4 is 5.32 Å². The van der Waals surface area contributed by atoms with Gasteiger partial charge in [-0.1, -0.05) is 25.5 Å². The lowest BCUT2D eigenvalue weighted by molar-refractivity contribution is -0.121. The van der Waals surface area contributed by atoms with E-state index in [1.807, 2.05) is 6.92 Å². The molecule has 0 saturated heterocycles. The van der Waals surface area contributed by atoms with Gasteiger partial charge in [-0.25, -0.2) is 0 Å². The second kappa shape index (κ2) is 5.70. The lowest BCUT2D eigenvalue weighted by Gasteiger charge is -2.17. The smallest absolute Gasteiger partial charge is 0.224 e. The summed E-state index contributed by atoms with van der Waals surface area (Å²) >= 11 is 0. The van der Waals surface area contributed by atoms with Crippen molar-refractivity contribution in [3.63, 3.8) is 0 Å². The fourth-order valence-corrected chi connectivity index (χ4v) is 2.36. The molecule has 0 bridgehead atoms. The van der Waals surface area contributed by atoms with E-state index in [9.17, 15) is 4.79 Å². The van der Waals surface area contributed by atoms with Gasteiger partial charge < -0.3 is 10.3 Å². The Labute approximate surface area is 120 Å². The van der Waals surface area contributed by atoms with E-state index in [4.69, 9.17) is 0 Å². The largest absolute Gasteiger partial charge is 0.358 e. The van der Waals surface area contributed by atoms with Crippen molar-refractivity contribution in [2.75, 3.05) is 0 Å². The minimum atomic E-state index is 0.0942. The van der Waals surface area contributed by atoms with Crippen molar-refractivity contribution in [1.29, 1.82) is 0 Å². The molecule has 1 aromatic heterocycles. The minimum Gasteiger partial charge on any atom is -0.358 e. The molecule has 0 spiro atoms. The monoisotopic (exact) mass is 272 g/mol. The van der Waals surface area contributed by atoms with Crippen LogP contribution in [0.25, 0.3) is 10.9 Å². The standard InChI is InChI=1S/C17H24N2O/c1-10(2)12(4)19-17(20)9-14-13(5)18-16-7-6-11(3)8-15(14)16/h6-8,10,12,18H,9H2,1-5H3,(H,19,20). The molecule has 1 unspecified atom stereocenters. The first-order valence-electron chi connectivity index (χ1n) is 7.25. The minimum absolute atomic E-state index is 0.0942. The Balaban J connectivity index is 2.23. The second-order valence-corrected chi connectivity index (χ2v) is 6.05. The van der Waals surface area contributed by atoms with Crippen LogP contribution in [0.15, 0.2) is 18.2 Å². The highest BCUT2D eigenvalue weighted by atomic mass is 16.1. The molecule has 2 rings (SSSR count). The molecule has 1 atom stereocenters. The summed E-state index contributed by atoms with van der Waals surface area (Å²) in [4.78, 5) is 15.5. The zero-order valence-corrected chi connectivity index (χ0v) is 13.0. The SMILES string of the molecule is Cc1ccc2[nH]c(C)c(CC(=O)NC(C)C(C)C)c2c1. The number of H-pyrrole nitrogens is 1. The number of amides is 1. The quantitative estimate of drug-likeness (QED) is 0.879. The number of hydrogen-bond donors (Lipinski definition) is 2. The van der Waals surface area contributed by atoms with Crippen LogP contribution in [0.1, 0.15) is 37.6 Å². The first-order chi connectivity index (χ1) is 9.38. The van der Waals surface area contributed by atoms with Crippen LogP contribution in [-0.4, -0.2) is 16.9 Å². The van der Waals surface area contributed by atoms with E-state index in [0.29, 0.717) is 12.3 Å². The van der Waals surface area contributed by atoms with Crippen molar-refractivity contribution in [1.82, 2.24) is 10.3 Å². The van der Waals surface area contributed by atoms with Gasteiger partial charge >= 0.3 is 0 Å². The number of aromatic nitrogens is 1. The third-order valence-electron chi connectivity index (χ3n) is 4.00. The zero-order valence-electron chi connectivity index (χ0n) is 13.0. The van der Waals surface area contributed by atoms with Crippen molar-refractivity contribution < 1.29 is 4.79 Å². The van der Waals surface area contributed by atoms with Gasteiger partial charge in [0, 0.05) is 22.6 Å². The predicted molar refractivity (Wildman–Crippen MR) is 83.9 cm³/mol. The third-order valence-corrected chi connectivity index (χ3v) is 4.00. The number of carbonyl (C=O) groups excluding carboxylic acids is 1. The summed E-state index contributed by atoms with van der Waals surface area (Å²) in [5.74, 6) is 0.543. The average Bonchev–Trinajstić information content (AvgIpc) is 2.66. The van der Waals surface area contributed by atoms with Crippen LogP contribution in [0.5, 0.6) is 0 Å². The summed E-state index contributed by atoms with van der Waals surface area (Å²) in [5.41, 5.74) is 4.51. The Hall–Kier alpha value is -1.77. The number of nitrogens with one attached hydrogen (secondary N) is 2. The lowest BCUT2D eigenvalue weighted by Crippen LogP contribution is -2.37. The zero-order chi connectivity index (χ0) is 14.9. The molecule has 1 heterocycles. The van der Waals surface area contributed by atoms with Gasteiger partial charge in [0.05, 0.1) is 6.42 Å². The van der Waals surface area contributed by atoms with Gasteiger partial charge in [-0.2, -0.15) is 0 Å². The van der Waals surface area contributed by atoms with E-state index in [-0.39, 0.29) is 11.9 Å². The maximum absolute atomic E-state index is 12.2. The second-order valence-electron chi connectivity index (χ2n) is 6.05. The molecular formula is C17H24N2O. The number of carbonyl (C=O) groups is 1. The molecule has 1 amide bonds. The Morgan fingerprint density at radius 1 is 1.25 bits per heavy atom. The molecule has 108 valence electrons. The van der Waals surface area contributed by atoms with Gasteiger partial charge in [0.1, 0.15) is 0 Å². The molecule has 0 aliphatic heterocycles. The maximum atomic E-state index is 12.2. The summed E-state index contributed by atoms with van der Waals surface area (Å²) in [7, 11) is 0. The molecule has 3 heteroatoms. The van der Waals surface area contributed by atoms with Crippen LogP contribution in [0, 0.1) is 19.8 Å². The first-order valence-corrected chi connectivity index (χ1v) is 7.25. The van der Waals surface area contributed by atoms with Crippen molar-refractivity contribution in [2.24, 2.45) is 5.92 Å². The Kier molecular flexibility index (Phi) is 4.17. The van der Waals surface area contributed by atoms with Gasteiger partial charge in [-0.05, 0) is 44.4 Å². The van der Waals surface area contributed by atoms with Crippen LogP contribution in [-0.2, 0) is 11.2 Å². The van der Waals surface area contributed by atoms with Crippen LogP contribution in [0.3, 0.4) is 0 Å². The first kappa shape index (κ1) is 14.6. The van der Waals surface area contributed by atoms with E-state index in [2.05, 4.69) is 56.2 Å². The van der Waals surface area contributed by atoms with Gasteiger partial charge in [0.15, 0.2) is 0 Å². The molecule has 0 aliphatic carbocycles. The van der Waals surface area contributed by atoms with E-state index in [1.54, 1.807) is 0 Å². The molecule has 2 N–H and O–H groups in total. The highest BCUT2D eigenvalue weighted by Gasteiger charge is 2.15. The number of rotatable bonds is 4. The van der Waals surface area contributed by atoms with Crippen LogP contribution in [0.2, 0.25) is 0 Å². The summed E-state index contributed by atoms with van der Waals surface area (Å²) in [6.45, 7) is 10.4. The van der Waals surface area contributed by atoms with Crippen molar-refractivity contribution in [3.8, 4) is 0 Å². The Morgan fingerprint density at radius 3 is 2.60 bits per heavy atom. The molecule has 1 aromatic carbocycles. The number of aromatic amines is 1. The van der Waals surface area contributed by atoms with Crippen molar-refractivity contribution >= 4 is 16.8 Å². The molecule has 2 aromatic rings. The normalized spacial score (nSPS) is 12.9. The molecule has 0 radical (unpaired) electrons. The van der Waals surface area contributed by atoms with E-state index in [0.717, 1.165) is 22.2 Å². The van der Waals surface area contributed by atoms with Gasteiger partial charge in [0.25, 0.3) is 0 Å². The Bertz CT molecular complexity index is 625. The topological polar surface area (TPSA) is 44.9 Å². The molecule has 3 nitrogen and oxygen atoms in total. The number of benzene rings is 1.